The normalized spacial score (nSPS) is 11.7. The van der Waals surface area contributed by atoms with Gasteiger partial charge in [0.05, 0.1) is 22.7 Å². The molecule has 0 bridgehead atoms. The molecule has 4 nitrogen and oxygen atoms in total. The maximum absolute atomic E-state index is 9.91. The van der Waals surface area contributed by atoms with Crippen LogP contribution in [0.3, 0.4) is 0 Å². The molecule has 0 saturated carbocycles. The smallest absolute Gasteiger partial charge is 0.135 e. The lowest BCUT2D eigenvalue weighted by Gasteiger charge is -2.17. The summed E-state index contributed by atoms with van der Waals surface area (Å²) in [5.74, 6) is 0. The van der Waals surface area contributed by atoms with E-state index in [0.29, 0.717) is 5.56 Å². The van der Waals surface area contributed by atoms with Crippen LogP contribution >= 0.6 is 0 Å². The number of hydrogen-bond acceptors (Lipinski definition) is 3. The highest BCUT2D eigenvalue weighted by molar-refractivity contribution is 6.22. The van der Waals surface area contributed by atoms with E-state index in [1.807, 2.05) is 48.8 Å². The van der Waals surface area contributed by atoms with E-state index in [2.05, 4.69) is 119 Å². The molecule has 0 spiro atoms. The van der Waals surface area contributed by atoms with Crippen molar-refractivity contribution in [2.45, 2.75) is 0 Å². The second-order valence-electron chi connectivity index (χ2n) is 12.3. The zero-order chi connectivity index (χ0) is 31.8. The lowest BCUT2D eigenvalue weighted by Crippen LogP contribution is -1.94. The molecule has 0 fully saturated rings. The number of aromatic nitrogens is 2. The summed E-state index contributed by atoms with van der Waals surface area (Å²) in [7, 11) is 0. The van der Waals surface area contributed by atoms with Crippen molar-refractivity contribution in [2.75, 3.05) is 0 Å². The molecule has 222 valence electrons. The van der Waals surface area contributed by atoms with Crippen molar-refractivity contribution in [1.29, 1.82) is 5.26 Å². The van der Waals surface area contributed by atoms with Crippen LogP contribution in [-0.2, 0) is 0 Å². The van der Waals surface area contributed by atoms with Crippen LogP contribution < -0.4 is 0 Å². The van der Waals surface area contributed by atoms with E-state index >= 15 is 0 Å². The topological polar surface area (TPSA) is 54.8 Å². The first-order valence-electron chi connectivity index (χ1n) is 16.0. The molecule has 0 saturated heterocycles. The maximum atomic E-state index is 9.91. The van der Waals surface area contributed by atoms with E-state index in [4.69, 9.17) is 4.42 Å². The molecule has 0 N–H and O–H groups in total. The van der Waals surface area contributed by atoms with Gasteiger partial charge >= 0.3 is 0 Å². The van der Waals surface area contributed by atoms with Crippen LogP contribution in [0.1, 0.15) is 5.56 Å². The Hall–Kier alpha value is -6.70. The number of benzene rings is 7. The van der Waals surface area contributed by atoms with Crippen LogP contribution in [-0.4, -0.2) is 9.55 Å². The van der Waals surface area contributed by atoms with Gasteiger partial charge in [0.15, 0.2) is 0 Å². The summed E-state index contributed by atoms with van der Waals surface area (Å²) in [5, 5.41) is 19.0. The molecule has 0 aliphatic carbocycles. The van der Waals surface area contributed by atoms with Crippen molar-refractivity contribution >= 4 is 65.3 Å². The van der Waals surface area contributed by atoms with E-state index in [1.165, 1.54) is 32.7 Å². The molecule has 3 aromatic heterocycles. The Morgan fingerprint density at radius 2 is 1.12 bits per heavy atom. The van der Waals surface area contributed by atoms with Crippen LogP contribution in [0.15, 0.2) is 156 Å². The zero-order valence-electron chi connectivity index (χ0n) is 25.7. The van der Waals surface area contributed by atoms with Crippen molar-refractivity contribution in [2.24, 2.45) is 0 Å². The molecular weight excluding hydrogens is 587 g/mol. The number of fused-ring (bicyclic) bond motifs is 8. The lowest BCUT2D eigenvalue weighted by molar-refractivity contribution is 0.669. The van der Waals surface area contributed by atoms with Crippen molar-refractivity contribution < 1.29 is 4.42 Å². The fraction of sp³-hybridized carbons (Fsp3) is 0. The SMILES string of the molecule is N#Cc1ccc2c(c1)c1cc(-c3c4ccccc4c(-c4cccnc4)c4ccccc34)ccc1n2-c1ccc2oc3ccccc3c2c1. The number of nitrogens with zero attached hydrogens (tertiary/aromatic N) is 3. The minimum absolute atomic E-state index is 0.639. The van der Waals surface area contributed by atoms with Crippen LogP contribution in [0.5, 0.6) is 0 Å². The number of rotatable bonds is 3. The number of para-hydroxylation sites is 1. The van der Waals surface area contributed by atoms with Gasteiger partial charge in [0.1, 0.15) is 11.2 Å². The molecule has 10 aromatic rings. The van der Waals surface area contributed by atoms with Gasteiger partial charge in [0, 0.05) is 45.2 Å². The van der Waals surface area contributed by atoms with Gasteiger partial charge in [-0.2, -0.15) is 5.26 Å². The second kappa shape index (κ2) is 10.2. The van der Waals surface area contributed by atoms with Crippen molar-refractivity contribution in [3.63, 3.8) is 0 Å². The fourth-order valence-electron chi connectivity index (χ4n) is 7.64. The van der Waals surface area contributed by atoms with Crippen LogP contribution in [0.4, 0.5) is 0 Å². The van der Waals surface area contributed by atoms with Gasteiger partial charge in [0.25, 0.3) is 0 Å². The molecular formula is C44H25N3O. The first kappa shape index (κ1) is 26.5. The molecule has 48 heavy (non-hydrogen) atoms. The third-order valence-electron chi connectivity index (χ3n) is 9.68. The zero-order valence-corrected chi connectivity index (χ0v) is 25.7. The third kappa shape index (κ3) is 3.79. The molecule has 4 heteroatoms. The summed E-state index contributed by atoms with van der Waals surface area (Å²) in [6.07, 6.45) is 3.77. The Morgan fingerprint density at radius 3 is 1.81 bits per heavy atom. The summed E-state index contributed by atoms with van der Waals surface area (Å²) in [6.45, 7) is 0. The third-order valence-corrected chi connectivity index (χ3v) is 9.68. The van der Waals surface area contributed by atoms with Gasteiger partial charge in [-0.25, -0.2) is 0 Å². The van der Waals surface area contributed by atoms with Gasteiger partial charge in [-0.1, -0.05) is 78.9 Å². The Balaban J connectivity index is 1.28. The summed E-state index contributed by atoms with van der Waals surface area (Å²) in [4.78, 5) is 4.46. The largest absolute Gasteiger partial charge is 0.456 e. The highest BCUT2D eigenvalue weighted by atomic mass is 16.3. The molecule has 0 aliphatic heterocycles. The Morgan fingerprint density at radius 1 is 0.500 bits per heavy atom. The first-order chi connectivity index (χ1) is 23.8. The van der Waals surface area contributed by atoms with Crippen molar-refractivity contribution in [1.82, 2.24) is 9.55 Å². The van der Waals surface area contributed by atoms with Gasteiger partial charge in [-0.3, -0.25) is 4.98 Å². The predicted octanol–water partition coefficient (Wildman–Crippen LogP) is 11.6. The second-order valence-corrected chi connectivity index (χ2v) is 12.3. The standard InChI is InChI=1S/C44H25N3O/c45-25-27-15-18-39-36(22-27)37-23-28(16-19-40(37)47(39)30-17-20-42-38(24-30)31-9-5-6-14-41(31)48-42)43-32-10-1-3-12-34(32)44(29-8-7-21-46-26-29)35-13-4-2-11-33(35)43/h1-24,26H. The minimum atomic E-state index is 0.639. The van der Waals surface area contributed by atoms with E-state index in [0.717, 1.165) is 60.6 Å². The maximum Gasteiger partial charge on any atom is 0.135 e. The Bertz CT molecular complexity index is 2900. The Labute approximate surface area is 275 Å². The number of pyridine rings is 1. The summed E-state index contributed by atoms with van der Waals surface area (Å²) in [6, 6.07) is 51.2. The first-order valence-corrected chi connectivity index (χ1v) is 16.0. The Kier molecular flexibility index (Phi) is 5.61. The van der Waals surface area contributed by atoms with Gasteiger partial charge in [-0.15, -0.1) is 0 Å². The fourth-order valence-corrected chi connectivity index (χ4v) is 7.64. The van der Waals surface area contributed by atoms with E-state index in [-0.39, 0.29) is 0 Å². The summed E-state index contributed by atoms with van der Waals surface area (Å²) in [5.41, 5.74) is 10.2. The molecule has 0 radical (unpaired) electrons. The van der Waals surface area contributed by atoms with Crippen LogP contribution in [0, 0.1) is 11.3 Å². The van der Waals surface area contributed by atoms with Crippen LogP contribution in [0.2, 0.25) is 0 Å². The molecule has 10 rings (SSSR count). The summed E-state index contributed by atoms with van der Waals surface area (Å²) >= 11 is 0. The van der Waals surface area contributed by atoms with Crippen LogP contribution in [0.25, 0.3) is 93.2 Å². The van der Waals surface area contributed by atoms with Gasteiger partial charge in [-0.05, 0) is 98.9 Å². The van der Waals surface area contributed by atoms with Gasteiger partial charge < -0.3 is 8.98 Å². The highest BCUT2D eigenvalue weighted by Crippen LogP contribution is 2.45. The van der Waals surface area contributed by atoms with Crippen molar-refractivity contribution in [3.05, 3.63) is 157 Å². The van der Waals surface area contributed by atoms with E-state index in [1.54, 1.807) is 0 Å². The highest BCUT2D eigenvalue weighted by Gasteiger charge is 2.19. The van der Waals surface area contributed by atoms with Gasteiger partial charge in [0.2, 0.25) is 0 Å². The van der Waals surface area contributed by atoms with E-state index in [9.17, 15) is 5.26 Å². The van der Waals surface area contributed by atoms with E-state index < -0.39 is 0 Å². The molecule has 7 aromatic carbocycles. The minimum Gasteiger partial charge on any atom is -0.456 e. The average molecular weight is 612 g/mol. The lowest BCUT2D eigenvalue weighted by atomic mass is 9.86. The average Bonchev–Trinajstić information content (AvgIpc) is 3.68. The molecule has 0 unspecified atom stereocenters. The molecule has 0 aliphatic rings. The monoisotopic (exact) mass is 611 g/mol. The number of nitriles is 1. The number of hydrogen-bond donors (Lipinski definition) is 0. The number of furan rings is 1. The van der Waals surface area contributed by atoms with Crippen molar-refractivity contribution in [3.8, 4) is 34.0 Å². The molecule has 3 heterocycles. The molecule has 0 atom stereocenters. The quantitative estimate of drug-likeness (QED) is 0.187. The summed E-state index contributed by atoms with van der Waals surface area (Å²) < 4.78 is 8.46. The molecule has 0 amide bonds. The predicted molar refractivity (Wildman–Crippen MR) is 196 cm³/mol.